The van der Waals surface area contributed by atoms with E-state index in [-0.39, 0.29) is 18.2 Å². The Hall–Kier alpha value is -1.28. The molecule has 0 radical (unpaired) electrons. The largest absolute Gasteiger partial charge is 0.383 e. The van der Waals surface area contributed by atoms with Crippen LogP contribution in [0.3, 0.4) is 0 Å². The third-order valence-corrected chi connectivity index (χ3v) is 4.76. The molecule has 1 fully saturated rings. The number of methoxy groups -OCH3 is 1. The highest BCUT2D eigenvalue weighted by Gasteiger charge is 2.31. The molecule has 6 nitrogen and oxygen atoms in total. The minimum Gasteiger partial charge on any atom is -0.383 e. The van der Waals surface area contributed by atoms with Gasteiger partial charge in [0.1, 0.15) is 5.25 Å². The number of rotatable bonds is 6. The van der Waals surface area contributed by atoms with Crippen LogP contribution in [0, 0.1) is 0 Å². The average Bonchev–Trinajstić information content (AvgIpc) is 2.83. The number of thioether (sulfide) groups is 1. The third kappa shape index (κ3) is 5.39. The first-order chi connectivity index (χ1) is 11.0. The van der Waals surface area contributed by atoms with Crippen LogP contribution in [-0.4, -0.2) is 42.5 Å². The molecule has 1 saturated heterocycles. The fourth-order valence-corrected chi connectivity index (χ4v) is 3.10. The Morgan fingerprint density at radius 1 is 1.43 bits per heavy atom. The molecule has 1 heterocycles. The lowest BCUT2D eigenvalue weighted by Gasteiger charge is -2.08. The summed E-state index contributed by atoms with van der Waals surface area (Å²) >= 11 is 13.0. The van der Waals surface area contributed by atoms with E-state index in [1.807, 2.05) is 0 Å². The maximum Gasteiger partial charge on any atom is 0.240 e. The molecule has 1 unspecified atom stereocenters. The normalized spacial score (nSPS) is 19.0. The number of ether oxygens (including phenoxy) is 1. The van der Waals surface area contributed by atoms with Crippen molar-refractivity contribution in [1.29, 1.82) is 0 Å². The first-order valence-corrected chi connectivity index (χ1v) is 8.39. The highest BCUT2D eigenvalue weighted by molar-refractivity contribution is 8.15. The lowest BCUT2D eigenvalue weighted by Crippen LogP contribution is -2.28. The van der Waals surface area contributed by atoms with Gasteiger partial charge in [0.25, 0.3) is 0 Å². The minimum atomic E-state index is -0.501. The summed E-state index contributed by atoms with van der Waals surface area (Å²) in [4.78, 5) is 28.1. The van der Waals surface area contributed by atoms with E-state index in [9.17, 15) is 9.59 Å². The van der Waals surface area contributed by atoms with E-state index >= 15 is 0 Å². The van der Waals surface area contributed by atoms with Crippen LogP contribution in [0.4, 0.5) is 5.69 Å². The Labute approximate surface area is 148 Å². The zero-order valence-corrected chi connectivity index (χ0v) is 14.6. The molecule has 9 heteroatoms. The van der Waals surface area contributed by atoms with Gasteiger partial charge >= 0.3 is 0 Å². The fourth-order valence-electron chi connectivity index (χ4n) is 1.81. The maximum atomic E-state index is 12.0. The number of nitrogens with one attached hydrogen (secondary N) is 2. The van der Waals surface area contributed by atoms with Crippen LogP contribution in [0.1, 0.15) is 6.42 Å². The Balaban J connectivity index is 1.88. The highest BCUT2D eigenvalue weighted by Crippen LogP contribution is 2.26. The zero-order chi connectivity index (χ0) is 16.8. The van der Waals surface area contributed by atoms with E-state index in [2.05, 4.69) is 15.6 Å². The maximum absolute atomic E-state index is 12.0. The summed E-state index contributed by atoms with van der Waals surface area (Å²) in [5, 5.41) is 6.11. The number of anilines is 1. The molecule has 0 saturated carbocycles. The van der Waals surface area contributed by atoms with Gasteiger partial charge in [-0.05, 0) is 18.2 Å². The molecule has 23 heavy (non-hydrogen) atoms. The van der Waals surface area contributed by atoms with Crippen LogP contribution in [0.15, 0.2) is 23.2 Å². The minimum absolute atomic E-state index is 0.0417. The summed E-state index contributed by atoms with van der Waals surface area (Å²) in [6, 6.07) is 4.80. The lowest BCUT2D eigenvalue weighted by atomic mass is 10.2. The molecule has 1 aliphatic rings. The van der Waals surface area contributed by atoms with Crippen molar-refractivity contribution in [3.05, 3.63) is 28.2 Å². The zero-order valence-electron chi connectivity index (χ0n) is 12.3. The summed E-state index contributed by atoms with van der Waals surface area (Å²) in [6.45, 7) is 0.934. The van der Waals surface area contributed by atoms with Gasteiger partial charge in [0.2, 0.25) is 11.8 Å². The number of aliphatic imine (C=N–C) groups is 1. The van der Waals surface area contributed by atoms with Crippen molar-refractivity contribution >= 4 is 57.6 Å². The fraction of sp³-hybridized carbons (Fsp3) is 0.357. The number of amidine groups is 1. The van der Waals surface area contributed by atoms with Crippen LogP contribution >= 0.6 is 35.0 Å². The van der Waals surface area contributed by atoms with Gasteiger partial charge < -0.3 is 15.4 Å². The van der Waals surface area contributed by atoms with E-state index in [1.54, 1.807) is 25.3 Å². The monoisotopic (exact) mass is 375 g/mol. The van der Waals surface area contributed by atoms with Gasteiger partial charge in [-0.3, -0.25) is 14.6 Å². The van der Waals surface area contributed by atoms with E-state index in [4.69, 9.17) is 27.9 Å². The first kappa shape index (κ1) is 18.1. The standard InChI is InChI=1S/C14H15Cl2N3O3S/c1-22-5-4-17-14-19-13(21)11(23-14)7-12(20)18-8-2-3-9(15)10(16)6-8/h2-3,6,11H,4-5,7H2,1H3,(H,18,20)(H,17,19,21). The van der Waals surface area contributed by atoms with Crippen molar-refractivity contribution in [2.24, 2.45) is 4.99 Å². The molecule has 2 amide bonds. The SMILES string of the molecule is COCCN=C1NC(=O)C(CC(=O)Nc2ccc(Cl)c(Cl)c2)S1. The number of carbonyl (C=O) groups excluding carboxylic acids is 2. The van der Waals surface area contributed by atoms with E-state index in [0.29, 0.717) is 34.1 Å². The van der Waals surface area contributed by atoms with Gasteiger partial charge in [-0.1, -0.05) is 35.0 Å². The van der Waals surface area contributed by atoms with Gasteiger partial charge in [0.15, 0.2) is 5.17 Å². The third-order valence-electron chi connectivity index (χ3n) is 2.90. The highest BCUT2D eigenvalue weighted by atomic mass is 35.5. The van der Waals surface area contributed by atoms with Crippen molar-refractivity contribution in [1.82, 2.24) is 5.32 Å². The lowest BCUT2D eigenvalue weighted by molar-refractivity contribution is -0.122. The quantitative estimate of drug-likeness (QED) is 0.748. The first-order valence-electron chi connectivity index (χ1n) is 6.75. The van der Waals surface area contributed by atoms with Gasteiger partial charge in [-0.15, -0.1) is 0 Å². The van der Waals surface area contributed by atoms with Crippen LogP contribution in [0.2, 0.25) is 10.0 Å². The molecule has 0 spiro atoms. The summed E-state index contributed by atoms with van der Waals surface area (Å²) < 4.78 is 4.89. The number of halogens is 2. The molecule has 0 bridgehead atoms. The number of carbonyl (C=O) groups is 2. The second kappa shape index (κ2) is 8.54. The van der Waals surface area contributed by atoms with Crippen LogP contribution in [0.25, 0.3) is 0 Å². The summed E-state index contributed by atoms with van der Waals surface area (Å²) in [5.74, 6) is -0.510. The van der Waals surface area contributed by atoms with Gasteiger partial charge in [-0.2, -0.15) is 0 Å². The van der Waals surface area contributed by atoms with Crippen molar-refractivity contribution in [3.63, 3.8) is 0 Å². The van der Waals surface area contributed by atoms with Gasteiger partial charge in [0.05, 0.1) is 23.2 Å². The number of nitrogens with zero attached hydrogens (tertiary/aromatic N) is 1. The number of amides is 2. The molecule has 0 aromatic heterocycles. The van der Waals surface area contributed by atoms with Crippen molar-refractivity contribution in [2.75, 3.05) is 25.6 Å². The molecular weight excluding hydrogens is 361 g/mol. The van der Waals surface area contributed by atoms with Crippen LogP contribution in [-0.2, 0) is 14.3 Å². The van der Waals surface area contributed by atoms with E-state index < -0.39 is 5.25 Å². The Bertz CT molecular complexity index is 640. The van der Waals surface area contributed by atoms with Crippen LogP contribution in [0.5, 0.6) is 0 Å². The van der Waals surface area contributed by atoms with Crippen LogP contribution < -0.4 is 10.6 Å². The number of benzene rings is 1. The smallest absolute Gasteiger partial charge is 0.240 e. The van der Waals surface area contributed by atoms with E-state index in [1.165, 1.54) is 11.8 Å². The number of hydrogen-bond acceptors (Lipinski definition) is 5. The molecule has 1 aromatic rings. The number of hydrogen-bond donors (Lipinski definition) is 2. The molecule has 1 atom stereocenters. The van der Waals surface area contributed by atoms with Gasteiger partial charge in [0, 0.05) is 19.2 Å². The molecule has 1 aliphatic heterocycles. The van der Waals surface area contributed by atoms with Crippen molar-refractivity contribution < 1.29 is 14.3 Å². The topological polar surface area (TPSA) is 79.8 Å². The Morgan fingerprint density at radius 2 is 2.22 bits per heavy atom. The molecule has 124 valence electrons. The van der Waals surface area contributed by atoms with Crippen molar-refractivity contribution in [2.45, 2.75) is 11.7 Å². The van der Waals surface area contributed by atoms with Crippen molar-refractivity contribution in [3.8, 4) is 0 Å². The molecule has 2 rings (SSSR count). The average molecular weight is 376 g/mol. The molecule has 0 aliphatic carbocycles. The second-order valence-electron chi connectivity index (χ2n) is 4.66. The molecular formula is C14H15Cl2N3O3S. The Kier molecular flexibility index (Phi) is 6.71. The molecule has 1 aromatic carbocycles. The predicted octanol–water partition coefficient (Wildman–Crippen LogP) is 2.56. The van der Waals surface area contributed by atoms with E-state index in [0.717, 1.165) is 0 Å². The Morgan fingerprint density at radius 3 is 2.91 bits per heavy atom. The predicted molar refractivity (Wildman–Crippen MR) is 93.4 cm³/mol. The summed E-state index contributed by atoms with van der Waals surface area (Å²) in [5.41, 5.74) is 0.529. The molecule has 2 N–H and O–H groups in total. The van der Waals surface area contributed by atoms with Gasteiger partial charge in [-0.25, -0.2) is 0 Å². The summed E-state index contributed by atoms with van der Waals surface area (Å²) in [6.07, 6.45) is 0.0417. The second-order valence-corrected chi connectivity index (χ2v) is 6.66. The summed E-state index contributed by atoms with van der Waals surface area (Å²) in [7, 11) is 1.58.